The van der Waals surface area contributed by atoms with Gasteiger partial charge in [0, 0.05) is 44.7 Å². The summed E-state index contributed by atoms with van der Waals surface area (Å²) in [6, 6.07) is 14.7. The van der Waals surface area contributed by atoms with Crippen LogP contribution in [0.25, 0.3) is 11.0 Å². The lowest BCUT2D eigenvalue weighted by atomic mass is 10.0. The number of hydrogen-bond donors (Lipinski definition) is 1. The number of amides is 1. The van der Waals surface area contributed by atoms with Gasteiger partial charge in [-0.3, -0.25) is 9.69 Å². The minimum Gasteiger partial charge on any atom is -0.482 e. The Balaban J connectivity index is 1.56. The average Bonchev–Trinajstić information content (AvgIpc) is 3.48. The molecule has 8 heteroatoms. The van der Waals surface area contributed by atoms with Crippen molar-refractivity contribution in [2.24, 2.45) is 0 Å². The van der Waals surface area contributed by atoms with Crippen LogP contribution in [0.3, 0.4) is 0 Å². The fourth-order valence-corrected chi connectivity index (χ4v) is 4.44. The number of carboxylic acids is 1. The van der Waals surface area contributed by atoms with Gasteiger partial charge in [0.1, 0.15) is 11.3 Å². The molecule has 34 heavy (non-hydrogen) atoms. The molecule has 1 aromatic heterocycles. The van der Waals surface area contributed by atoms with E-state index in [4.69, 9.17) is 19.0 Å². The highest BCUT2D eigenvalue weighted by molar-refractivity contribution is 5.87. The molecule has 1 amide bonds. The van der Waals surface area contributed by atoms with Crippen molar-refractivity contribution in [3.8, 4) is 5.75 Å². The van der Waals surface area contributed by atoms with Gasteiger partial charge in [-0.1, -0.05) is 30.3 Å². The van der Waals surface area contributed by atoms with E-state index in [9.17, 15) is 9.59 Å². The number of hydrogen-bond acceptors (Lipinski definition) is 6. The van der Waals surface area contributed by atoms with Gasteiger partial charge in [0.25, 0.3) is 0 Å². The molecule has 0 spiro atoms. The SMILES string of the molecule is CO[C@H]1CCN(C[C@H](c2cccc(OCC(=O)O)c2)N(C)C(=O)Cc2coc3ccccc23)C1. The largest absolute Gasteiger partial charge is 0.482 e. The number of ether oxygens (including phenoxy) is 2. The van der Waals surface area contributed by atoms with Crippen molar-refractivity contribution in [3.63, 3.8) is 0 Å². The summed E-state index contributed by atoms with van der Waals surface area (Å²) in [5.41, 5.74) is 2.50. The standard InChI is InChI=1S/C26H30N2O6/c1-27(25(29)13-19-16-34-24-9-4-3-8-22(19)24)23(15-28-11-10-21(14-28)32-2)18-6-5-7-20(12-18)33-17-26(30)31/h3-9,12,16,21,23H,10-11,13-15,17H2,1-2H3,(H,30,31)/t21-,23+/m0/s1. The molecule has 1 fully saturated rings. The Morgan fingerprint density at radius 1 is 1.24 bits per heavy atom. The van der Waals surface area contributed by atoms with E-state index in [1.54, 1.807) is 24.3 Å². The highest BCUT2D eigenvalue weighted by atomic mass is 16.5. The van der Waals surface area contributed by atoms with E-state index >= 15 is 0 Å². The van der Waals surface area contributed by atoms with Crippen LogP contribution >= 0.6 is 0 Å². The molecule has 0 unspecified atom stereocenters. The molecular formula is C26H30N2O6. The molecule has 0 aliphatic carbocycles. The predicted octanol–water partition coefficient (Wildman–Crippen LogP) is 3.36. The van der Waals surface area contributed by atoms with E-state index in [2.05, 4.69) is 4.90 Å². The first-order valence-electron chi connectivity index (χ1n) is 11.3. The maximum atomic E-state index is 13.4. The Hall–Kier alpha value is -3.36. The van der Waals surface area contributed by atoms with Crippen molar-refractivity contribution in [1.29, 1.82) is 0 Å². The lowest BCUT2D eigenvalue weighted by Crippen LogP contribution is -2.39. The molecule has 1 saturated heterocycles. The first kappa shape index (κ1) is 23.8. The van der Waals surface area contributed by atoms with E-state index in [-0.39, 0.29) is 24.5 Å². The number of nitrogens with zero attached hydrogens (tertiary/aromatic N) is 2. The average molecular weight is 467 g/mol. The van der Waals surface area contributed by atoms with Gasteiger partial charge in [-0.15, -0.1) is 0 Å². The number of carboxylic acid groups (broad SMARTS) is 1. The van der Waals surface area contributed by atoms with Gasteiger partial charge in [-0.25, -0.2) is 4.79 Å². The fraction of sp³-hybridized carbons (Fsp3) is 0.385. The summed E-state index contributed by atoms with van der Waals surface area (Å²) in [6.07, 6.45) is 3.00. The third-order valence-corrected chi connectivity index (χ3v) is 6.36. The zero-order valence-electron chi connectivity index (χ0n) is 19.5. The highest BCUT2D eigenvalue weighted by Crippen LogP contribution is 2.28. The number of benzene rings is 2. The van der Waals surface area contributed by atoms with Crippen LogP contribution in [0.2, 0.25) is 0 Å². The number of aliphatic carboxylic acids is 1. The van der Waals surface area contributed by atoms with Gasteiger partial charge >= 0.3 is 5.97 Å². The number of carbonyl (C=O) groups excluding carboxylic acids is 1. The maximum Gasteiger partial charge on any atom is 0.341 e. The number of furan rings is 1. The van der Waals surface area contributed by atoms with Crippen LogP contribution in [0.1, 0.15) is 23.6 Å². The number of likely N-dealkylation sites (N-methyl/N-ethyl adjacent to an activating group) is 1. The molecule has 0 radical (unpaired) electrons. The van der Waals surface area contributed by atoms with E-state index < -0.39 is 12.6 Å². The Morgan fingerprint density at radius 2 is 2.06 bits per heavy atom. The molecule has 2 aromatic carbocycles. The predicted molar refractivity (Wildman–Crippen MR) is 127 cm³/mol. The Morgan fingerprint density at radius 3 is 2.82 bits per heavy atom. The van der Waals surface area contributed by atoms with E-state index in [0.29, 0.717) is 12.3 Å². The lowest BCUT2D eigenvalue weighted by Gasteiger charge is -2.32. The number of rotatable bonds is 10. The molecule has 2 atom stereocenters. The van der Waals surface area contributed by atoms with Crippen LogP contribution < -0.4 is 4.74 Å². The van der Waals surface area contributed by atoms with Gasteiger partial charge in [-0.2, -0.15) is 0 Å². The van der Waals surface area contributed by atoms with E-state index in [0.717, 1.165) is 41.6 Å². The van der Waals surface area contributed by atoms with Crippen LogP contribution in [-0.4, -0.2) is 73.3 Å². The summed E-state index contributed by atoms with van der Waals surface area (Å²) in [5.74, 6) is -0.608. The molecule has 4 rings (SSSR count). The third kappa shape index (κ3) is 5.58. The third-order valence-electron chi connectivity index (χ3n) is 6.36. The van der Waals surface area contributed by atoms with Crippen molar-refractivity contribution in [2.45, 2.75) is 25.0 Å². The summed E-state index contributed by atoms with van der Waals surface area (Å²) < 4.78 is 16.5. The van der Waals surface area contributed by atoms with Gasteiger partial charge in [0.05, 0.1) is 24.8 Å². The van der Waals surface area contributed by atoms with Crippen LogP contribution in [0, 0.1) is 0 Å². The first-order chi connectivity index (χ1) is 16.4. The summed E-state index contributed by atoms with van der Waals surface area (Å²) in [4.78, 5) is 28.4. The van der Waals surface area contributed by atoms with E-state index in [1.165, 1.54) is 0 Å². The molecule has 3 aromatic rings. The summed E-state index contributed by atoms with van der Waals surface area (Å²) in [7, 11) is 3.53. The first-order valence-corrected chi connectivity index (χ1v) is 11.3. The molecule has 0 saturated carbocycles. The number of carbonyl (C=O) groups is 2. The molecule has 8 nitrogen and oxygen atoms in total. The normalized spacial score (nSPS) is 17.1. The molecule has 0 bridgehead atoms. The van der Waals surface area contributed by atoms with Crippen molar-refractivity contribution in [3.05, 3.63) is 65.9 Å². The molecule has 1 aliphatic rings. The zero-order valence-corrected chi connectivity index (χ0v) is 19.5. The molecule has 180 valence electrons. The quantitative estimate of drug-likeness (QED) is 0.490. The Labute approximate surface area is 198 Å². The summed E-state index contributed by atoms with van der Waals surface area (Å²) in [6.45, 7) is 1.91. The smallest absolute Gasteiger partial charge is 0.341 e. The second-order valence-corrected chi connectivity index (χ2v) is 8.62. The lowest BCUT2D eigenvalue weighted by molar-refractivity contribution is -0.139. The zero-order chi connectivity index (χ0) is 24.1. The maximum absolute atomic E-state index is 13.4. The summed E-state index contributed by atoms with van der Waals surface area (Å²) in [5, 5.41) is 9.88. The molecule has 1 N–H and O–H groups in total. The minimum absolute atomic E-state index is 0.0316. The van der Waals surface area contributed by atoms with Gasteiger partial charge in [-0.05, 0) is 30.2 Å². The van der Waals surface area contributed by atoms with Crippen LogP contribution in [-0.2, 0) is 20.7 Å². The monoisotopic (exact) mass is 466 g/mol. The van der Waals surface area contributed by atoms with Gasteiger partial charge in [0.15, 0.2) is 6.61 Å². The number of fused-ring (bicyclic) bond motifs is 1. The van der Waals surface area contributed by atoms with E-state index in [1.807, 2.05) is 49.5 Å². The van der Waals surface area contributed by atoms with Crippen LogP contribution in [0.4, 0.5) is 0 Å². The molecular weight excluding hydrogens is 436 g/mol. The van der Waals surface area contributed by atoms with Crippen molar-refractivity contribution >= 4 is 22.8 Å². The van der Waals surface area contributed by atoms with Gasteiger partial charge < -0.3 is 23.9 Å². The van der Waals surface area contributed by atoms with Crippen LogP contribution in [0.5, 0.6) is 5.75 Å². The van der Waals surface area contributed by atoms with Crippen molar-refractivity contribution in [2.75, 3.05) is 40.4 Å². The second-order valence-electron chi connectivity index (χ2n) is 8.62. The van der Waals surface area contributed by atoms with Gasteiger partial charge in [0.2, 0.25) is 5.91 Å². The van der Waals surface area contributed by atoms with Crippen molar-refractivity contribution in [1.82, 2.24) is 9.80 Å². The second kappa shape index (κ2) is 10.7. The van der Waals surface area contributed by atoms with Crippen LogP contribution in [0.15, 0.2) is 59.2 Å². The summed E-state index contributed by atoms with van der Waals surface area (Å²) >= 11 is 0. The van der Waals surface area contributed by atoms with Crippen molar-refractivity contribution < 1.29 is 28.6 Å². The highest BCUT2D eigenvalue weighted by Gasteiger charge is 2.29. The molecule has 2 heterocycles. The number of likely N-dealkylation sites (tertiary alicyclic amines) is 1. The molecule has 1 aliphatic heterocycles. The Kier molecular flexibility index (Phi) is 7.49. The number of methoxy groups -OCH3 is 1. The fourth-order valence-electron chi connectivity index (χ4n) is 4.44. The topological polar surface area (TPSA) is 92.5 Å². The Bertz CT molecular complexity index is 1140. The minimum atomic E-state index is -1.04. The number of para-hydroxylation sites is 1.